The van der Waals surface area contributed by atoms with Crippen molar-refractivity contribution >= 4 is 43.6 Å². The largest absolute Gasteiger partial charge is 0.309 e. The van der Waals surface area contributed by atoms with E-state index in [1.807, 2.05) is 18.5 Å². The first-order valence-corrected chi connectivity index (χ1v) is 19.0. The molecule has 0 fully saturated rings. The summed E-state index contributed by atoms with van der Waals surface area (Å²) >= 11 is 0. The van der Waals surface area contributed by atoms with Crippen LogP contribution in [0.1, 0.15) is 0 Å². The quantitative estimate of drug-likeness (QED) is 0.172. The maximum Gasteiger partial charge on any atom is 0.234 e. The summed E-state index contributed by atoms with van der Waals surface area (Å²) in [6.45, 7) is 0. The molecule has 0 aliphatic rings. The molecule has 4 nitrogen and oxygen atoms in total. The van der Waals surface area contributed by atoms with Crippen LogP contribution < -0.4 is 0 Å². The number of aromatic nitrogens is 4. The fraction of sp³-hybridized carbons (Fsp3) is 0. The molecular weight excluding hydrogens is 681 g/mol. The van der Waals surface area contributed by atoms with Crippen LogP contribution in [0.3, 0.4) is 0 Å². The van der Waals surface area contributed by atoms with Gasteiger partial charge in [-0.25, -0.2) is 9.97 Å². The number of fused-ring (bicyclic) bond motifs is 6. The molecule has 262 valence electrons. The minimum Gasteiger partial charge on any atom is -0.309 e. The molecule has 0 radical (unpaired) electrons. The highest BCUT2D eigenvalue weighted by Crippen LogP contribution is 2.38. The molecule has 3 aromatic heterocycles. The summed E-state index contributed by atoms with van der Waals surface area (Å²) in [6, 6.07) is 69.3. The van der Waals surface area contributed by atoms with Crippen LogP contribution in [0.5, 0.6) is 0 Å². The Hall–Kier alpha value is -7.56. The first-order valence-electron chi connectivity index (χ1n) is 19.0. The molecule has 0 atom stereocenters. The molecule has 0 N–H and O–H groups in total. The van der Waals surface area contributed by atoms with Gasteiger partial charge in [0.15, 0.2) is 0 Å². The van der Waals surface area contributed by atoms with Crippen molar-refractivity contribution in [3.63, 3.8) is 0 Å². The highest BCUT2D eigenvalue weighted by atomic mass is 15.1. The molecule has 0 unspecified atom stereocenters. The lowest BCUT2D eigenvalue weighted by atomic mass is 9.99. The van der Waals surface area contributed by atoms with Crippen LogP contribution in [-0.4, -0.2) is 19.1 Å². The van der Waals surface area contributed by atoms with Gasteiger partial charge in [0.2, 0.25) is 5.95 Å². The van der Waals surface area contributed by atoms with Crippen molar-refractivity contribution in [3.05, 3.63) is 207 Å². The fourth-order valence-electron chi connectivity index (χ4n) is 8.30. The van der Waals surface area contributed by atoms with Gasteiger partial charge in [0, 0.05) is 45.2 Å². The molecule has 0 bridgehead atoms. The van der Waals surface area contributed by atoms with Gasteiger partial charge in [0.25, 0.3) is 0 Å². The van der Waals surface area contributed by atoms with E-state index in [9.17, 15) is 0 Å². The highest BCUT2D eigenvalue weighted by Gasteiger charge is 2.17. The number of para-hydroxylation sites is 3. The molecule has 3 heterocycles. The third kappa shape index (κ3) is 5.31. The zero-order valence-corrected chi connectivity index (χ0v) is 30.4. The molecule has 8 aromatic carbocycles. The van der Waals surface area contributed by atoms with Gasteiger partial charge in [-0.05, 0) is 81.4 Å². The van der Waals surface area contributed by atoms with E-state index in [-0.39, 0.29) is 0 Å². The number of hydrogen-bond acceptors (Lipinski definition) is 2. The Labute approximate surface area is 324 Å². The van der Waals surface area contributed by atoms with Gasteiger partial charge in [0.05, 0.1) is 22.1 Å². The minimum atomic E-state index is 0.647. The van der Waals surface area contributed by atoms with Crippen molar-refractivity contribution in [1.29, 1.82) is 0 Å². The second kappa shape index (κ2) is 13.1. The normalized spacial score (nSPS) is 11.6. The second-order valence-electron chi connectivity index (χ2n) is 14.3. The third-order valence-corrected chi connectivity index (χ3v) is 11.1. The lowest BCUT2D eigenvalue weighted by Crippen LogP contribution is -2.00. The predicted octanol–water partition coefficient (Wildman–Crippen LogP) is 13.3. The van der Waals surface area contributed by atoms with Gasteiger partial charge < -0.3 is 4.57 Å². The summed E-state index contributed by atoms with van der Waals surface area (Å²) in [6.07, 6.45) is 3.87. The molecule has 0 saturated carbocycles. The Bertz CT molecular complexity index is 3190. The fourth-order valence-corrected chi connectivity index (χ4v) is 8.30. The average Bonchev–Trinajstić information content (AvgIpc) is 3.79. The zero-order valence-electron chi connectivity index (χ0n) is 30.4. The Morgan fingerprint density at radius 1 is 0.268 bits per heavy atom. The first kappa shape index (κ1) is 31.9. The highest BCUT2D eigenvalue weighted by molar-refractivity contribution is 6.12. The first-order chi connectivity index (χ1) is 27.8. The van der Waals surface area contributed by atoms with Gasteiger partial charge in [0.1, 0.15) is 0 Å². The van der Waals surface area contributed by atoms with Crippen LogP contribution in [0.25, 0.3) is 99.8 Å². The molecule has 56 heavy (non-hydrogen) atoms. The predicted molar refractivity (Wildman–Crippen MR) is 232 cm³/mol. The summed E-state index contributed by atoms with van der Waals surface area (Å²) < 4.78 is 4.55. The van der Waals surface area contributed by atoms with Crippen LogP contribution >= 0.6 is 0 Å². The van der Waals surface area contributed by atoms with Gasteiger partial charge >= 0.3 is 0 Å². The van der Waals surface area contributed by atoms with E-state index in [1.54, 1.807) is 0 Å². The van der Waals surface area contributed by atoms with Gasteiger partial charge in [-0.2, -0.15) is 0 Å². The zero-order chi connectivity index (χ0) is 37.0. The van der Waals surface area contributed by atoms with Crippen LogP contribution in [0.2, 0.25) is 0 Å². The van der Waals surface area contributed by atoms with Crippen molar-refractivity contribution in [2.75, 3.05) is 0 Å². The molecule has 0 amide bonds. The van der Waals surface area contributed by atoms with Gasteiger partial charge in [-0.15, -0.1) is 0 Å². The number of hydrogen-bond donors (Lipinski definition) is 0. The van der Waals surface area contributed by atoms with Crippen molar-refractivity contribution in [1.82, 2.24) is 19.1 Å². The third-order valence-electron chi connectivity index (χ3n) is 11.1. The Kier molecular flexibility index (Phi) is 7.46. The van der Waals surface area contributed by atoms with E-state index in [0.717, 1.165) is 33.4 Å². The summed E-state index contributed by atoms with van der Waals surface area (Å²) in [5, 5.41) is 4.82. The number of nitrogens with zero attached hydrogens (tertiary/aromatic N) is 4. The number of rotatable bonds is 6. The monoisotopic (exact) mass is 714 g/mol. The lowest BCUT2D eigenvalue weighted by molar-refractivity contribution is 0.990. The molecule has 0 aliphatic carbocycles. The topological polar surface area (TPSA) is 35.6 Å². The molecule has 0 spiro atoms. The standard InChI is InChI=1S/C52H34N4/c1-3-11-35(12-4-1)36-19-21-37(22-20-36)38-23-25-39(26-24-38)42-33-53-52(54-34-42)56-49-18-10-7-15-44(49)46-29-27-41(32-51(46)56)40-28-30-50-47(31-40)45-16-8-9-17-48(45)55(50)43-13-5-2-6-14-43/h1-34H. The minimum absolute atomic E-state index is 0.647. The molecule has 11 aromatic rings. The van der Waals surface area contributed by atoms with Crippen LogP contribution in [0.15, 0.2) is 207 Å². The van der Waals surface area contributed by atoms with Crippen LogP contribution in [-0.2, 0) is 0 Å². The Morgan fingerprint density at radius 3 is 1.34 bits per heavy atom. The molecule has 11 rings (SSSR count). The molecular formula is C52H34N4. The summed E-state index contributed by atoms with van der Waals surface area (Å²) in [7, 11) is 0. The van der Waals surface area contributed by atoms with E-state index in [0.29, 0.717) is 5.95 Å². The second-order valence-corrected chi connectivity index (χ2v) is 14.3. The maximum absolute atomic E-state index is 4.98. The van der Waals surface area contributed by atoms with Crippen molar-refractivity contribution < 1.29 is 0 Å². The SMILES string of the molecule is c1ccc(-c2ccc(-c3ccc(-c4cnc(-n5c6ccccc6c6ccc(-c7ccc8c(c7)c7ccccc7n8-c7ccccc7)cc65)nc4)cc3)cc2)cc1. The van der Waals surface area contributed by atoms with E-state index >= 15 is 0 Å². The average molecular weight is 715 g/mol. The summed E-state index contributed by atoms with van der Waals surface area (Å²) in [5.74, 6) is 0.647. The van der Waals surface area contributed by atoms with Gasteiger partial charge in [-0.1, -0.05) is 152 Å². The maximum atomic E-state index is 4.98. The van der Waals surface area contributed by atoms with Crippen LogP contribution in [0.4, 0.5) is 0 Å². The lowest BCUT2D eigenvalue weighted by Gasteiger charge is -2.10. The van der Waals surface area contributed by atoms with E-state index in [4.69, 9.17) is 9.97 Å². The summed E-state index contributed by atoms with van der Waals surface area (Å²) in [4.78, 5) is 9.95. The Morgan fingerprint density at radius 2 is 0.696 bits per heavy atom. The molecule has 0 saturated heterocycles. The van der Waals surface area contributed by atoms with E-state index in [2.05, 4.69) is 197 Å². The smallest absolute Gasteiger partial charge is 0.234 e. The summed E-state index contributed by atoms with van der Waals surface area (Å²) in [5.41, 5.74) is 14.9. The van der Waals surface area contributed by atoms with E-state index < -0.39 is 0 Å². The number of benzene rings is 8. The molecule has 0 aliphatic heterocycles. The van der Waals surface area contributed by atoms with Crippen LogP contribution in [0, 0.1) is 0 Å². The van der Waals surface area contributed by atoms with Crippen molar-refractivity contribution in [2.24, 2.45) is 0 Å². The van der Waals surface area contributed by atoms with E-state index in [1.165, 1.54) is 60.4 Å². The van der Waals surface area contributed by atoms with Crippen molar-refractivity contribution in [2.45, 2.75) is 0 Å². The van der Waals surface area contributed by atoms with Gasteiger partial charge in [-0.3, -0.25) is 4.57 Å². The van der Waals surface area contributed by atoms with Crippen molar-refractivity contribution in [3.8, 4) is 56.1 Å². The molecule has 4 heteroatoms. The Balaban J connectivity index is 0.948.